The number of nitrogens with one attached hydrogen (secondary N) is 1. The molecule has 4 rings (SSSR count). The van der Waals surface area contributed by atoms with Crippen LogP contribution in [0.3, 0.4) is 0 Å². The van der Waals surface area contributed by atoms with Gasteiger partial charge in [-0.3, -0.25) is 9.78 Å². The average molecular weight is 374 g/mol. The van der Waals surface area contributed by atoms with Crippen LogP contribution in [0.25, 0.3) is 22.0 Å². The van der Waals surface area contributed by atoms with Gasteiger partial charge in [0.1, 0.15) is 0 Å². The summed E-state index contributed by atoms with van der Waals surface area (Å²) in [6, 6.07) is 18.0. The van der Waals surface area contributed by atoms with E-state index in [1.807, 2.05) is 36.5 Å². The number of hydrogen-bond donors (Lipinski definition) is 2. The van der Waals surface area contributed by atoms with Crippen molar-refractivity contribution in [3.05, 3.63) is 82.4 Å². The van der Waals surface area contributed by atoms with Crippen LogP contribution in [-0.4, -0.2) is 15.2 Å². The van der Waals surface area contributed by atoms with E-state index in [-0.39, 0.29) is 12.1 Å². The second-order valence-corrected chi connectivity index (χ2v) is 7.33. The number of hydrogen-bond acceptors (Lipinski definition) is 5. The van der Waals surface area contributed by atoms with Crippen LogP contribution in [0.5, 0.6) is 0 Å². The van der Waals surface area contributed by atoms with Gasteiger partial charge in [-0.2, -0.15) is 5.10 Å². The lowest BCUT2D eigenvalue weighted by Gasteiger charge is -2.08. The van der Waals surface area contributed by atoms with Crippen molar-refractivity contribution in [1.29, 1.82) is 0 Å². The Bertz CT molecular complexity index is 1170. The van der Waals surface area contributed by atoms with Crippen molar-refractivity contribution >= 4 is 22.5 Å². The Balaban J connectivity index is 1.68. The summed E-state index contributed by atoms with van der Waals surface area (Å²) in [7, 11) is 0. The first-order chi connectivity index (χ1) is 13.2. The van der Waals surface area contributed by atoms with Crippen LogP contribution < -0.4 is 11.3 Å². The predicted molar refractivity (Wildman–Crippen MR) is 109 cm³/mol. The summed E-state index contributed by atoms with van der Waals surface area (Å²) in [5.74, 6) is 0. The van der Waals surface area contributed by atoms with Crippen molar-refractivity contribution in [3.8, 4) is 11.3 Å². The fourth-order valence-corrected chi connectivity index (χ4v) is 3.82. The van der Waals surface area contributed by atoms with Crippen molar-refractivity contribution in [2.75, 3.05) is 0 Å². The largest absolute Gasteiger partial charge is 0.325 e. The molecule has 0 aliphatic rings. The molecular formula is C21H18N4OS. The smallest absolute Gasteiger partial charge is 0.272 e. The number of nitrogens with zero attached hydrogens (tertiary/aromatic N) is 2. The number of fused-ring (bicyclic) bond motifs is 1. The summed E-state index contributed by atoms with van der Waals surface area (Å²) in [6.45, 7) is 2.36. The van der Waals surface area contributed by atoms with Gasteiger partial charge in [-0.1, -0.05) is 36.0 Å². The topological polar surface area (TPSA) is 84.7 Å². The van der Waals surface area contributed by atoms with Gasteiger partial charge in [-0.25, -0.2) is 5.10 Å². The molecular weight excluding hydrogens is 356 g/mol. The van der Waals surface area contributed by atoms with Gasteiger partial charge in [0.05, 0.1) is 16.8 Å². The van der Waals surface area contributed by atoms with Crippen LogP contribution in [-0.2, 0) is 6.54 Å². The molecule has 0 fully saturated rings. The van der Waals surface area contributed by atoms with Gasteiger partial charge in [0.25, 0.3) is 5.56 Å². The maximum Gasteiger partial charge on any atom is 0.272 e. The lowest BCUT2D eigenvalue weighted by Crippen LogP contribution is -2.13. The highest BCUT2D eigenvalue weighted by Crippen LogP contribution is 2.31. The minimum absolute atomic E-state index is 0.216. The molecule has 27 heavy (non-hydrogen) atoms. The summed E-state index contributed by atoms with van der Waals surface area (Å²) >= 11 is 1.69. The van der Waals surface area contributed by atoms with Gasteiger partial charge in [-0.05, 0) is 42.8 Å². The molecule has 2 heterocycles. The third-order valence-corrected chi connectivity index (χ3v) is 5.57. The molecule has 0 radical (unpaired) electrons. The Hall–Kier alpha value is -2.96. The highest BCUT2D eigenvalue weighted by molar-refractivity contribution is 7.99. The zero-order chi connectivity index (χ0) is 18.8. The number of aromatic nitrogens is 3. The SMILES string of the molecule is Cc1ccccc1Sc1ccc(-c2ccc3c(=O)[nH]nc(CN)c3c2)nc1. The minimum Gasteiger partial charge on any atom is -0.325 e. The summed E-state index contributed by atoms with van der Waals surface area (Å²) in [5.41, 5.74) is 9.22. The van der Waals surface area contributed by atoms with E-state index in [9.17, 15) is 4.79 Å². The van der Waals surface area contributed by atoms with E-state index in [0.717, 1.165) is 21.5 Å². The van der Waals surface area contributed by atoms with Crippen LogP contribution in [0, 0.1) is 6.92 Å². The molecule has 2 aromatic carbocycles. The lowest BCUT2D eigenvalue weighted by atomic mass is 10.0. The molecule has 5 nitrogen and oxygen atoms in total. The molecule has 134 valence electrons. The monoisotopic (exact) mass is 374 g/mol. The van der Waals surface area contributed by atoms with Crippen LogP contribution in [0.15, 0.2) is 75.4 Å². The van der Waals surface area contributed by atoms with Crippen LogP contribution >= 0.6 is 11.8 Å². The molecule has 0 saturated heterocycles. The molecule has 0 unspecified atom stereocenters. The number of nitrogens with two attached hydrogens (primary N) is 1. The van der Waals surface area contributed by atoms with Crippen LogP contribution in [0.4, 0.5) is 0 Å². The van der Waals surface area contributed by atoms with Gasteiger partial charge in [-0.15, -0.1) is 0 Å². The summed E-state index contributed by atoms with van der Waals surface area (Å²) in [6.07, 6.45) is 1.87. The fraction of sp³-hybridized carbons (Fsp3) is 0.0952. The highest BCUT2D eigenvalue weighted by atomic mass is 32.2. The number of H-pyrrole nitrogens is 1. The first-order valence-corrected chi connectivity index (χ1v) is 9.38. The van der Waals surface area contributed by atoms with Crippen molar-refractivity contribution in [3.63, 3.8) is 0 Å². The Morgan fingerprint density at radius 3 is 2.67 bits per heavy atom. The molecule has 0 spiro atoms. The second-order valence-electron chi connectivity index (χ2n) is 6.21. The summed E-state index contributed by atoms with van der Waals surface area (Å²) in [4.78, 5) is 18.9. The van der Waals surface area contributed by atoms with Crippen LogP contribution in [0.1, 0.15) is 11.3 Å². The van der Waals surface area contributed by atoms with Gasteiger partial charge >= 0.3 is 0 Å². The van der Waals surface area contributed by atoms with Gasteiger partial charge in [0.2, 0.25) is 0 Å². The number of pyridine rings is 1. The maximum atomic E-state index is 12.0. The Labute approximate surface area is 160 Å². The zero-order valence-corrected chi connectivity index (χ0v) is 15.6. The zero-order valence-electron chi connectivity index (χ0n) is 14.8. The molecule has 0 saturated carbocycles. The standard InChI is InChI=1S/C21H18N4OS/c1-13-4-2-3-5-20(13)27-15-7-9-18(23-12-15)14-6-8-16-17(10-14)19(11-22)24-25-21(16)26/h2-10,12H,11,22H2,1H3,(H,25,26). The van der Waals surface area contributed by atoms with Crippen molar-refractivity contribution in [2.24, 2.45) is 5.73 Å². The quantitative estimate of drug-likeness (QED) is 0.566. The van der Waals surface area contributed by atoms with Crippen molar-refractivity contribution < 1.29 is 0 Å². The maximum absolute atomic E-state index is 12.0. The Morgan fingerprint density at radius 1 is 1.07 bits per heavy atom. The molecule has 6 heteroatoms. The molecule has 0 atom stereocenters. The second kappa shape index (κ2) is 7.34. The predicted octanol–water partition coefficient (Wildman–Crippen LogP) is 3.90. The van der Waals surface area contributed by atoms with Crippen LogP contribution in [0.2, 0.25) is 0 Å². The molecule has 0 aliphatic heterocycles. The molecule has 0 aliphatic carbocycles. The van der Waals surface area contributed by atoms with Gasteiger partial charge < -0.3 is 5.73 Å². The highest BCUT2D eigenvalue weighted by Gasteiger charge is 2.09. The van der Waals surface area contributed by atoms with E-state index in [1.165, 1.54) is 10.5 Å². The number of rotatable bonds is 4. The first kappa shape index (κ1) is 17.5. The molecule has 0 amide bonds. The molecule has 2 aromatic heterocycles. The van der Waals surface area contributed by atoms with E-state index in [2.05, 4.69) is 40.3 Å². The van der Waals surface area contributed by atoms with Crippen molar-refractivity contribution in [1.82, 2.24) is 15.2 Å². The normalized spacial score (nSPS) is 11.0. The summed E-state index contributed by atoms with van der Waals surface area (Å²) < 4.78 is 0. The van der Waals surface area contributed by atoms with Gasteiger partial charge in [0.15, 0.2) is 0 Å². The summed E-state index contributed by atoms with van der Waals surface area (Å²) in [5, 5.41) is 7.87. The van der Waals surface area contributed by atoms with Gasteiger partial charge in [0, 0.05) is 33.5 Å². The third kappa shape index (κ3) is 3.49. The minimum atomic E-state index is -0.216. The molecule has 0 bridgehead atoms. The lowest BCUT2D eigenvalue weighted by molar-refractivity contribution is 0.900. The van der Waals surface area contributed by atoms with E-state index < -0.39 is 0 Å². The van der Waals surface area contributed by atoms with E-state index in [4.69, 9.17) is 5.73 Å². The Kier molecular flexibility index (Phi) is 4.75. The number of aryl methyl sites for hydroxylation is 1. The molecule has 4 aromatic rings. The number of aromatic amines is 1. The van der Waals surface area contributed by atoms with E-state index in [1.54, 1.807) is 17.8 Å². The Morgan fingerprint density at radius 2 is 1.93 bits per heavy atom. The van der Waals surface area contributed by atoms with E-state index >= 15 is 0 Å². The fourth-order valence-electron chi connectivity index (χ4n) is 2.94. The third-order valence-electron chi connectivity index (χ3n) is 4.41. The first-order valence-electron chi connectivity index (χ1n) is 8.57. The number of benzene rings is 2. The molecule has 3 N–H and O–H groups in total. The van der Waals surface area contributed by atoms with E-state index in [0.29, 0.717) is 11.1 Å². The van der Waals surface area contributed by atoms with Crippen molar-refractivity contribution in [2.45, 2.75) is 23.3 Å². The average Bonchev–Trinajstić information content (AvgIpc) is 2.70.